The molecule has 5 heteroatoms. The number of carbonyl (C=O) groups is 1. The van der Waals surface area contributed by atoms with Gasteiger partial charge in [0, 0.05) is 29.6 Å². The molecule has 3 rings (SSSR count). The number of benzene rings is 1. The number of anilines is 1. The van der Waals surface area contributed by atoms with E-state index in [9.17, 15) is 10.1 Å². The number of nitrogens with one attached hydrogen (secondary N) is 1. The Morgan fingerprint density at radius 3 is 2.67 bits per heavy atom. The summed E-state index contributed by atoms with van der Waals surface area (Å²) in [4.78, 5) is 16.0. The third kappa shape index (κ3) is 3.21. The van der Waals surface area contributed by atoms with Crippen molar-refractivity contribution >= 4 is 22.2 Å². The standard InChI is InChI=1S/C19H21N3OS/c1-12(2)22-9-8-15-16(10-20)19(24-17(15)11-22)21-18(23)14-6-4-13(3)5-7-14/h4-7,12H,8-9,11H2,1-3H3,(H,21,23). The molecule has 0 saturated carbocycles. The average Bonchev–Trinajstić information content (AvgIpc) is 2.91. The van der Waals surface area contributed by atoms with Gasteiger partial charge in [-0.25, -0.2) is 0 Å². The van der Waals surface area contributed by atoms with Gasteiger partial charge in [0.1, 0.15) is 11.1 Å². The number of carbonyl (C=O) groups excluding carboxylic acids is 1. The van der Waals surface area contributed by atoms with Crippen molar-refractivity contribution in [2.45, 2.75) is 39.8 Å². The van der Waals surface area contributed by atoms with Gasteiger partial charge in [0.2, 0.25) is 0 Å². The fourth-order valence-corrected chi connectivity index (χ4v) is 4.17. The highest BCUT2D eigenvalue weighted by atomic mass is 32.1. The lowest BCUT2D eigenvalue weighted by Crippen LogP contribution is -2.35. The van der Waals surface area contributed by atoms with E-state index >= 15 is 0 Å². The molecule has 1 aliphatic rings. The molecule has 0 spiro atoms. The lowest BCUT2D eigenvalue weighted by Gasteiger charge is -2.30. The Morgan fingerprint density at radius 1 is 1.33 bits per heavy atom. The highest BCUT2D eigenvalue weighted by molar-refractivity contribution is 7.16. The molecule has 0 bridgehead atoms. The number of hydrogen-bond acceptors (Lipinski definition) is 4. The summed E-state index contributed by atoms with van der Waals surface area (Å²) in [5, 5.41) is 13.2. The Morgan fingerprint density at radius 2 is 2.04 bits per heavy atom. The number of nitrogens with zero attached hydrogens (tertiary/aromatic N) is 2. The minimum Gasteiger partial charge on any atom is -0.312 e. The third-order valence-corrected chi connectivity index (χ3v) is 5.60. The van der Waals surface area contributed by atoms with Gasteiger partial charge in [0.15, 0.2) is 0 Å². The second-order valence-electron chi connectivity index (χ2n) is 6.45. The topological polar surface area (TPSA) is 56.1 Å². The molecule has 124 valence electrons. The summed E-state index contributed by atoms with van der Waals surface area (Å²) in [6, 6.07) is 10.2. The van der Waals surface area contributed by atoms with E-state index in [0.717, 1.165) is 30.6 Å². The predicted molar refractivity (Wildman–Crippen MR) is 97.4 cm³/mol. The molecule has 2 aromatic rings. The molecule has 0 aliphatic carbocycles. The second-order valence-corrected chi connectivity index (χ2v) is 7.56. The summed E-state index contributed by atoms with van der Waals surface area (Å²) in [7, 11) is 0. The second kappa shape index (κ2) is 6.76. The van der Waals surface area contributed by atoms with Crippen molar-refractivity contribution < 1.29 is 4.79 Å². The molecule has 0 unspecified atom stereocenters. The number of hydrogen-bond donors (Lipinski definition) is 1. The van der Waals surface area contributed by atoms with E-state index < -0.39 is 0 Å². The molecule has 0 saturated heterocycles. The average molecular weight is 339 g/mol. The summed E-state index contributed by atoms with van der Waals surface area (Å²) >= 11 is 1.54. The number of amides is 1. The van der Waals surface area contributed by atoms with Gasteiger partial charge in [-0.2, -0.15) is 5.26 Å². The Balaban J connectivity index is 1.85. The minimum absolute atomic E-state index is 0.161. The zero-order chi connectivity index (χ0) is 17.3. The van der Waals surface area contributed by atoms with Gasteiger partial charge in [0.05, 0.1) is 5.56 Å². The Bertz CT molecular complexity index is 799. The maximum absolute atomic E-state index is 12.5. The van der Waals surface area contributed by atoms with Crippen LogP contribution in [0.15, 0.2) is 24.3 Å². The Kier molecular flexibility index (Phi) is 4.70. The fraction of sp³-hybridized carbons (Fsp3) is 0.368. The van der Waals surface area contributed by atoms with E-state index in [-0.39, 0.29) is 5.91 Å². The first-order valence-corrected chi connectivity index (χ1v) is 8.98. The van der Waals surface area contributed by atoms with Crippen molar-refractivity contribution in [2.24, 2.45) is 0 Å². The van der Waals surface area contributed by atoms with Crippen LogP contribution in [0.4, 0.5) is 5.00 Å². The van der Waals surface area contributed by atoms with Gasteiger partial charge < -0.3 is 5.32 Å². The summed E-state index contributed by atoms with van der Waals surface area (Å²) in [5.74, 6) is -0.161. The molecular formula is C19H21N3OS. The van der Waals surface area contributed by atoms with Gasteiger partial charge >= 0.3 is 0 Å². The van der Waals surface area contributed by atoms with Crippen molar-refractivity contribution in [2.75, 3.05) is 11.9 Å². The molecule has 0 radical (unpaired) electrons. The van der Waals surface area contributed by atoms with Crippen LogP contribution in [0, 0.1) is 18.3 Å². The SMILES string of the molecule is Cc1ccc(C(=O)Nc2sc3c(c2C#N)CCN(C(C)C)C3)cc1. The molecule has 1 aromatic carbocycles. The van der Waals surface area contributed by atoms with Gasteiger partial charge in [0.25, 0.3) is 5.91 Å². The lowest BCUT2D eigenvalue weighted by molar-refractivity contribution is 0.102. The van der Waals surface area contributed by atoms with Crippen LogP contribution in [0.25, 0.3) is 0 Å². The van der Waals surface area contributed by atoms with Crippen LogP contribution >= 0.6 is 11.3 Å². The van der Waals surface area contributed by atoms with Crippen molar-refractivity contribution in [3.63, 3.8) is 0 Å². The molecule has 1 aliphatic heterocycles. The molecule has 24 heavy (non-hydrogen) atoms. The monoisotopic (exact) mass is 339 g/mol. The largest absolute Gasteiger partial charge is 0.312 e. The minimum atomic E-state index is -0.161. The van der Waals surface area contributed by atoms with E-state index in [1.165, 1.54) is 16.2 Å². The highest BCUT2D eigenvalue weighted by Gasteiger charge is 2.26. The maximum Gasteiger partial charge on any atom is 0.256 e. The fourth-order valence-electron chi connectivity index (χ4n) is 2.95. The first kappa shape index (κ1) is 16.7. The molecule has 4 nitrogen and oxygen atoms in total. The number of aryl methyl sites for hydroxylation is 1. The van der Waals surface area contributed by atoms with E-state index in [4.69, 9.17) is 0 Å². The molecule has 1 aromatic heterocycles. The highest BCUT2D eigenvalue weighted by Crippen LogP contribution is 2.37. The summed E-state index contributed by atoms with van der Waals surface area (Å²) < 4.78 is 0. The lowest BCUT2D eigenvalue weighted by atomic mass is 10.0. The molecule has 2 heterocycles. The molecule has 1 N–H and O–H groups in total. The molecule has 0 fully saturated rings. The number of nitriles is 1. The zero-order valence-electron chi connectivity index (χ0n) is 14.2. The van der Waals surface area contributed by atoms with E-state index in [0.29, 0.717) is 22.2 Å². The van der Waals surface area contributed by atoms with Gasteiger partial charge in [-0.1, -0.05) is 17.7 Å². The molecule has 1 amide bonds. The van der Waals surface area contributed by atoms with Crippen molar-refractivity contribution in [1.82, 2.24) is 4.90 Å². The van der Waals surface area contributed by atoms with Crippen LogP contribution in [-0.4, -0.2) is 23.4 Å². The van der Waals surface area contributed by atoms with E-state index in [1.807, 2.05) is 31.2 Å². The number of rotatable bonds is 3. The van der Waals surface area contributed by atoms with Crippen LogP contribution in [0.1, 0.15) is 45.8 Å². The van der Waals surface area contributed by atoms with Gasteiger partial charge in [-0.3, -0.25) is 9.69 Å². The van der Waals surface area contributed by atoms with Crippen molar-refractivity contribution in [3.05, 3.63) is 51.4 Å². The van der Waals surface area contributed by atoms with Crippen LogP contribution in [0.3, 0.4) is 0 Å². The third-order valence-electron chi connectivity index (χ3n) is 4.47. The van der Waals surface area contributed by atoms with Gasteiger partial charge in [-0.15, -0.1) is 11.3 Å². The quantitative estimate of drug-likeness (QED) is 0.921. The number of fused-ring (bicyclic) bond motifs is 1. The summed E-state index contributed by atoms with van der Waals surface area (Å²) in [6.07, 6.45) is 0.868. The van der Waals surface area contributed by atoms with Crippen LogP contribution < -0.4 is 5.32 Å². The normalized spacial score (nSPS) is 14.3. The van der Waals surface area contributed by atoms with Crippen molar-refractivity contribution in [3.8, 4) is 6.07 Å². The van der Waals surface area contributed by atoms with Crippen LogP contribution in [0.5, 0.6) is 0 Å². The number of thiophene rings is 1. The predicted octanol–water partition coefficient (Wildman–Crippen LogP) is 3.95. The van der Waals surface area contributed by atoms with E-state index in [1.54, 1.807) is 0 Å². The molecule has 0 atom stereocenters. The van der Waals surface area contributed by atoms with Crippen molar-refractivity contribution in [1.29, 1.82) is 5.26 Å². The van der Waals surface area contributed by atoms with Gasteiger partial charge in [-0.05, 0) is 44.9 Å². The maximum atomic E-state index is 12.5. The van der Waals surface area contributed by atoms with E-state index in [2.05, 4.69) is 30.1 Å². The first-order chi connectivity index (χ1) is 11.5. The Hall–Kier alpha value is -2.16. The van der Waals surface area contributed by atoms with Crippen LogP contribution in [-0.2, 0) is 13.0 Å². The zero-order valence-corrected chi connectivity index (χ0v) is 15.0. The van der Waals surface area contributed by atoms with Crippen LogP contribution in [0.2, 0.25) is 0 Å². The summed E-state index contributed by atoms with van der Waals surface area (Å²) in [6.45, 7) is 8.17. The first-order valence-electron chi connectivity index (χ1n) is 8.16. The smallest absolute Gasteiger partial charge is 0.256 e. The Labute approximate surface area is 146 Å². The summed E-state index contributed by atoms with van der Waals surface area (Å²) in [5.41, 5.74) is 3.47. The molecular weight excluding hydrogens is 318 g/mol.